The number of rotatable bonds is 6. The number of nitrogen functional groups attached to an aromatic ring is 1. The lowest BCUT2D eigenvalue weighted by atomic mass is 9.84. The van der Waals surface area contributed by atoms with E-state index in [2.05, 4.69) is 33.0 Å². The first-order chi connectivity index (χ1) is 9.67. The first kappa shape index (κ1) is 17.3. The molecule has 0 aliphatic rings. The predicted molar refractivity (Wildman–Crippen MR) is 88.5 cm³/mol. The molecule has 0 radical (unpaired) electrons. The molecular formula is C17H28N2O2. The monoisotopic (exact) mass is 292 g/mol. The van der Waals surface area contributed by atoms with E-state index in [-0.39, 0.29) is 5.91 Å². The molecule has 1 unspecified atom stereocenters. The largest absolute Gasteiger partial charge is 0.491 e. The molecule has 21 heavy (non-hydrogen) atoms. The van der Waals surface area contributed by atoms with E-state index in [1.54, 1.807) is 18.2 Å². The van der Waals surface area contributed by atoms with E-state index in [0.717, 1.165) is 12.8 Å². The number of ether oxygens (including phenoxy) is 1. The summed E-state index contributed by atoms with van der Waals surface area (Å²) in [6.07, 6.45) is 2.14. The van der Waals surface area contributed by atoms with Crippen LogP contribution >= 0.6 is 0 Å². The second-order valence-electron chi connectivity index (χ2n) is 6.94. The van der Waals surface area contributed by atoms with E-state index < -0.39 is 0 Å². The van der Waals surface area contributed by atoms with Crippen molar-refractivity contribution in [3.63, 3.8) is 0 Å². The fourth-order valence-electron chi connectivity index (χ4n) is 2.47. The van der Waals surface area contributed by atoms with Gasteiger partial charge in [-0.3, -0.25) is 4.79 Å². The van der Waals surface area contributed by atoms with E-state index in [1.807, 2.05) is 0 Å². The Balaban J connectivity index is 2.58. The highest BCUT2D eigenvalue weighted by atomic mass is 16.5. The third-order valence-corrected chi connectivity index (χ3v) is 3.15. The smallest absolute Gasteiger partial charge is 0.221 e. The number of hydrogen-bond acceptors (Lipinski definition) is 3. The molecule has 118 valence electrons. The highest BCUT2D eigenvalue weighted by molar-refractivity contribution is 5.90. The summed E-state index contributed by atoms with van der Waals surface area (Å²) in [5.74, 6) is 1.11. The first-order valence-corrected chi connectivity index (χ1v) is 7.47. The molecule has 4 nitrogen and oxygen atoms in total. The van der Waals surface area contributed by atoms with Gasteiger partial charge >= 0.3 is 0 Å². The second-order valence-corrected chi connectivity index (χ2v) is 6.94. The van der Waals surface area contributed by atoms with Crippen molar-refractivity contribution in [2.45, 2.75) is 47.5 Å². The van der Waals surface area contributed by atoms with E-state index in [9.17, 15) is 4.79 Å². The Morgan fingerprint density at radius 2 is 2.05 bits per heavy atom. The van der Waals surface area contributed by atoms with Crippen molar-refractivity contribution in [3.05, 3.63) is 18.2 Å². The van der Waals surface area contributed by atoms with Gasteiger partial charge in [0.1, 0.15) is 5.75 Å². The Bertz CT molecular complexity index is 478. The van der Waals surface area contributed by atoms with Crippen LogP contribution in [0.15, 0.2) is 18.2 Å². The normalized spacial score (nSPS) is 12.8. The number of amides is 1. The van der Waals surface area contributed by atoms with Crippen LogP contribution in [-0.2, 0) is 4.79 Å². The molecule has 1 amide bonds. The molecular weight excluding hydrogens is 264 g/mol. The van der Waals surface area contributed by atoms with Crippen molar-refractivity contribution >= 4 is 17.3 Å². The summed E-state index contributed by atoms with van der Waals surface area (Å²) >= 11 is 0. The maximum atomic E-state index is 11.2. The standard InChI is InChI=1S/C17H28N2O2/c1-12(11-17(3,4)5)8-9-21-16-10-14(18)6-7-15(16)19-13(2)20/h6-7,10,12H,8-9,11,18H2,1-5H3,(H,19,20). The van der Waals surface area contributed by atoms with E-state index in [0.29, 0.717) is 35.1 Å². The number of carbonyl (C=O) groups is 1. The minimum atomic E-state index is -0.120. The van der Waals surface area contributed by atoms with Gasteiger partial charge in [-0.05, 0) is 36.3 Å². The van der Waals surface area contributed by atoms with E-state index >= 15 is 0 Å². The summed E-state index contributed by atoms with van der Waals surface area (Å²) in [5, 5.41) is 2.76. The molecule has 0 spiro atoms. The Morgan fingerprint density at radius 3 is 2.62 bits per heavy atom. The van der Waals surface area contributed by atoms with Crippen molar-refractivity contribution < 1.29 is 9.53 Å². The van der Waals surface area contributed by atoms with Crippen LogP contribution in [0.5, 0.6) is 5.75 Å². The van der Waals surface area contributed by atoms with E-state index in [4.69, 9.17) is 10.5 Å². The average molecular weight is 292 g/mol. The fourth-order valence-corrected chi connectivity index (χ4v) is 2.47. The summed E-state index contributed by atoms with van der Waals surface area (Å²) in [6, 6.07) is 5.27. The highest BCUT2D eigenvalue weighted by Gasteiger charge is 2.15. The van der Waals surface area contributed by atoms with Gasteiger partial charge in [-0.2, -0.15) is 0 Å². The lowest BCUT2D eigenvalue weighted by Crippen LogP contribution is -2.14. The van der Waals surface area contributed by atoms with Crippen LogP contribution in [0.1, 0.15) is 47.5 Å². The van der Waals surface area contributed by atoms with Crippen LogP contribution in [0, 0.1) is 11.3 Å². The molecule has 3 N–H and O–H groups in total. The van der Waals surface area contributed by atoms with Gasteiger partial charge in [-0.25, -0.2) is 0 Å². The molecule has 1 aromatic carbocycles. The first-order valence-electron chi connectivity index (χ1n) is 7.47. The van der Waals surface area contributed by atoms with Crippen LogP contribution in [0.4, 0.5) is 11.4 Å². The number of nitrogens with two attached hydrogens (primary N) is 1. The highest BCUT2D eigenvalue weighted by Crippen LogP contribution is 2.29. The Hall–Kier alpha value is -1.71. The van der Waals surface area contributed by atoms with Crippen LogP contribution in [0.2, 0.25) is 0 Å². The molecule has 0 bridgehead atoms. The molecule has 0 aliphatic heterocycles. The van der Waals surface area contributed by atoms with Crippen molar-refractivity contribution in [1.29, 1.82) is 0 Å². The molecule has 1 atom stereocenters. The van der Waals surface area contributed by atoms with Gasteiger partial charge in [0.15, 0.2) is 0 Å². The number of carbonyl (C=O) groups excluding carboxylic acids is 1. The van der Waals surface area contributed by atoms with Crippen LogP contribution < -0.4 is 15.8 Å². The SMILES string of the molecule is CC(=O)Nc1ccc(N)cc1OCCC(C)CC(C)(C)C. The van der Waals surface area contributed by atoms with E-state index in [1.165, 1.54) is 6.92 Å². The number of hydrogen-bond donors (Lipinski definition) is 2. The second kappa shape index (κ2) is 7.34. The summed E-state index contributed by atoms with van der Waals surface area (Å²) in [4.78, 5) is 11.2. The lowest BCUT2D eigenvalue weighted by Gasteiger charge is -2.23. The summed E-state index contributed by atoms with van der Waals surface area (Å²) < 4.78 is 5.81. The van der Waals surface area contributed by atoms with Gasteiger partial charge in [0.25, 0.3) is 0 Å². The summed E-state index contributed by atoms with van der Waals surface area (Å²) in [7, 11) is 0. The molecule has 0 heterocycles. The molecule has 0 saturated carbocycles. The number of nitrogens with one attached hydrogen (secondary N) is 1. The van der Waals surface area contributed by atoms with Gasteiger partial charge in [0.2, 0.25) is 5.91 Å². The fraction of sp³-hybridized carbons (Fsp3) is 0.588. The van der Waals surface area contributed by atoms with Crippen LogP contribution in [-0.4, -0.2) is 12.5 Å². The maximum absolute atomic E-state index is 11.2. The maximum Gasteiger partial charge on any atom is 0.221 e. The van der Waals surface area contributed by atoms with Gasteiger partial charge in [0, 0.05) is 18.7 Å². The molecule has 0 saturated heterocycles. The van der Waals surface area contributed by atoms with Crippen LogP contribution in [0.25, 0.3) is 0 Å². The molecule has 1 rings (SSSR count). The van der Waals surface area contributed by atoms with Gasteiger partial charge in [-0.1, -0.05) is 27.7 Å². The zero-order valence-electron chi connectivity index (χ0n) is 13.8. The molecule has 0 aliphatic carbocycles. The molecule has 4 heteroatoms. The minimum absolute atomic E-state index is 0.120. The zero-order valence-corrected chi connectivity index (χ0v) is 13.8. The van der Waals surface area contributed by atoms with Crippen molar-refractivity contribution in [2.24, 2.45) is 11.3 Å². The average Bonchev–Trinajstić information content (AvgIpc) is 2.29. The van der Waals surface area contributed by atoms with Crippen molar-refractivity contribution in [3.8, 4) is 5.75 Å². The third-order valence-electron chi connectivity index (χ3n) is 3.15. The Morgan fingerprint density at radius 1 is 1.38 bits per heavy atom. The zero-order chi connectivity index (χ0) is 16.0. The molecule has 0 fully saturated rings. The predicted octanol–water partition coefficient (Wildman–Crippen LogP) is 4.07. The Kier molecular flexibility index (Phi) is 6.06. The third kappa shape index (κ3) is 7.02. The van der Waals surface area contributed by atoms with Gasteiger partial charge in [0.05, 0.1) is 12.3 Å². The number of benzene rings is 1. The lowest BCUT2D eigenvalue weighted by molar-refractivity contribution is -0.114. The Labute approximate surface area is 128 Å². The summed E-state index contributed by atoms with van der Waals surface area (Å²) in [6.45, 7) is 11.1. The number of anilines is 2. The van der Waals surface area contributed by atoms with Gasteiger partial charge < -0.3 is 15.8 Å². The quantitative estimate of drug-likeness (QED) is 0.777. The topological polar surface area (TPSA) is 64.4 Å². The minimum Gasteiger partial charge on any atom is -0.491 e. The van der Waals surface area contributed by atoms with Gasteiger partial charge in [-0.15, -0.1) is 0 Å². The van der Waals surface area contributed by atoms with Crippen molar-refractivity contribution in [1.82, 2.24) is 0 Å². The molecule has 1 aromatic rings. The summed E-state index contributed by atoms with van der Waals surface area (Å²) in [5.41, 5.74) is 7.41. The van der Waals surface area contributed by atoms with Crippen LogP contribution in [0.3, 0.4) is 0 Å². The van der Waals surface area contributed by atoms with Crippen molar-refractivity contribution in [2.75, 3.05) is 17.7 Å². The molecule has 0 aromatic heterocycles.